The third-order valence-corrected chi connectivity index (χ3v) is 5.70. The lowest BCUT2D eigenvalue weighted by Gasteiger charge is -2.35. The van der Waals surface area contributed by atoms with Gasteiger partial charge in [0.1, 0.15) is 18.3 Å². The summed E-state index contributed by atoms with van der Waals surface area (Å²) in [4.78, 5) is 0. The van der Waals surface area contributed by atoms with Gasteiger partial charge in [-0.25, -0.2) is 0 Å². The first-order valence-corrected chi connectivity index (χ1v) is 9.86. The average molecular weight is 373 g/mol. The third-order valence-electron chi connectivity index (χ3n) is 5.70. The number of aliphatic hydroxyl groups excluding tert-OH is 3. The van der Waals surface area contributed by atoms with Crippen LogP contribution in [-0.4, -0.2) is 63.8 Å². The van der Waals surface area contributed by atoms with Crippen LogP contribution in [0.1, 0.15) is 59.3 Å². The van der Waals surface area contributed by atoms with Crippen LogP contribution in [0.5, 0.6) is 0 Å². The molecule has 0 amide bonds. The number of hydrogen-bond donors (Lipinski definition) is 4. The summed E-state index contributed by atoms with van der Waals surface area (Å²) in [6, 6.07) is 0. The Hall–Kier alpha value is -0.500. The van der Waals surface area contributed by atoms with Gasteiger partial charge >= 0.3 is 0 Å². The van der Waals surface area contributed by atoms with Crippen molar-refractivity contribution in [2.24, 2.45) is 11.8 Å². The van der Waals surface area contributed by atoms with Crippen molar-refractivity contribution in [3.63, 3.8) is 0 Å². The molecule has 152 valence electrons. The summed E-state index contributed by atoms with van der Waals surface area (Å²) in [6.45, 7) is 6.30. The van der Waals surface area contributed by atoms with Gasteiger partial charge in [-0.05, 0) is 64.2 Å². The normalized spacial score (nSPS) is 34.4. The number of rotatable bonds is 8. The summed E-state index contributed by atoms with van der Waals surface area (Å²) in [6.07, 6.45) is 4.17. The number of hydrogen-bond acceptors (Lipinski definition) is 6. The molecule has 1 heterocycles. The molecule has 26 heavy (non-hydrogen) atoms. The molecule has 1 aliphatic carbocycles. The van der Waals surface area contributed by atoms with Crippen molar-refractivity contribution in [3.05, 3.63) is 11.6 Å². The molecule has 2 aliphatic rings. The Morgan fingerprint density at radius 2 is 2.00 bits per heavy atom. The van der Waals surface area contributed by atoms with Crippen LogP contribution in [0.15, 0.2) is 11.6 Å². The molecule has 6 atom stereocenters. The predicted molar refractivity (Wildman–Crippen MR) is 98.4 cm³/mol. The maximum absolute atomic E-state index is 10.1. The third kappa shape index (κ3) is 6.29. The molecule has 0 radical (unpaired) electrons. The molecule has 2 rings (SSSR count). The molecular weight excluding hydrogens is 336 g/mol. The lowest BCUT2D eigenvalue weighted by atomic mass is 9.78. The van der Waals surface area contributed by atoms with Crippen molar-refractivity contribution in [1.82, 2.24) is 0 Å². The largest absolute Gasteiger partial charge is 0.390 e. The van der Waals surface area contributed by atoms with E-state index in [2.05, 4.69) is 13.0 Å². The van der Waals surface area contributed by atoms with E-state index in [1.165, 1.54) is 5.57 Å². The summed E-state index contributed by atoms with van der Waals surface area (Å²) in [7, 11) is 0. The van der Waals surface area contributed by atoms with E-state index in [0.29, 0.717) is 18.4 Å². The lowest BCUT2D eigenvalue weighted by Crippen LogP contribution is -2.53. The minimum atomic E-state index is -1.23. The summed E-state index contributed by atoms with van der Waals surface area (Å²) < 4.78 is 10.8. The lowest BCUT2D eigenvalue weighted by molar-refractivity contribution is -0.272. The molecule has 6 heteroatoms. The summed E-state index contributed by atoms with van der Waals surface area (Å²) in [5, 5.41) is 39.0. The summed E-state index contributed by atoms with van der Waals surface area (Å²) >= 11 is 0. The molecule has 4 N–H and O–H groups in total. The molecule has 0 aromatic rings. The van der Waals surface area contributed by atoms with Crippen molar-refractivity contribution in [1.29, 1.82) is 0 Å². The van der Waals surface area contributed by atoms with Crippen LogP contribution < -0.4 is 0 Å². The number of allylic oxidation sites excluding steroid dienone is 2. The maximum Gasteiger partial charge on any atom is 0.186 e. The zero-order valence-corrected chi connectivity index (χ0v) is 16.3. The van der Waals surface area contributed by atoms with Crippen LogP contribution in [0.2, 0.25) is 0 Å². The highest BCUT2D eigenvalue weighted by atomic mass is 16.7. The molecule has 0 spiro atoms. The second-order valence-corrected chi connectivity index (χ2v) is 8.57. The predicted octanol–water partition coefficient (Wildman–Crippen LogP) is 1.75. The van der Waals surface area contributed by atoms with Crippen LogP contribution in [0.4, 0.5) is 0 Å². The summed E-state index contributed by atoms with van der Waals surface area (Å²) in [5.41, 5.74) is 0.894. The Balaban J connectivity index is 1.62. The van der Waals surface area contributed by atoms with Gasteiger partial charge in [0.05, 0.1) is 18.8 Å². The second kappa shape index (κ2) is 9.62. The van der Waals surface area contributed by atoms with Gasteiger partial charge in [-0.2, -0.15) is 0 Å². The minimum absolute atomic E-state index is 0.0307. The van der Waals surface area contributed by atoms with E-state index in [4.69, 9.17) is 9.47 Å². The Bertz CT molecular complexity index is 458. The molecule has 0 bridgehead atoms. The fourth-order valence-corrected chi connectivity index (χ4v) is 3.70. The monoisotopic (exact) mass is 372 g/mol. The van der Waals surface area contributed by atoms with E-state index in [0.717, 1.165) is 38.5 Å². The van der Waals surface area contributed by atoms with Crippen molar-refractivity contribution >= 4 is 0 Å². The molecule has 0 saturated carbocycles. The topological polar surface area (TPSA) is 99.4 Å². The van der Waals surface area contributed by atoms with E-state index in [1.54, 1.807) is 0 Å². The molecule has 1 aliphatic heterocycles. The molecule has 0 aromatic carbocycles. The number of aliphatic hydroxyl groups is 4. The van der Waals surface area contributed by atoms with E-state index in [1.807, 2.05) is 13.8 Å². The first-order chi connectivity index (χ1) is 12.2. The van der Waals surface area contributed by atoms with Crippen LogP contribution >= 0.6 is 0 Å². The van der Waals surface area contributed by atoms with Crippen LogP contribution in [-0.2, 0) is 9.47 Å². The first kappa shape index (κ1) is 21.8. The molecule has 0 aromatic heterocycles. The smallest absolute Gasteiger partial charge is 0.186 e. The molecule has 1 fully saturated rings. The number of ether oxygens (including phenoxy) is 2. The first-order valence-electron chi connectivity index (χ1n) is 9.86. The van der Waals surface area contributed by atoms with E-state index in [-0.39, 0.29) is 6.61 Å². The van der Waals surface area contributed by atoms with Gasteiger partial charge in [0.2, 0.25) is 0 Å². The van der Waals surface area contributed by atoms with E-state index < -0.39 is 30.2 Å². The molecule has 1 saturated heterocycles. The van der Waals surface area contributed by atoms with Crippen molar-refractivity contribution in [3.8, 4) is 0 Å². The summed E-state index contributed by atoms with van der Waals surface area (Å²) in [5.74, 6) is 0.678. The van der Waals surface area contributed by atoms with Gasteiger partial charge in [0, 0.05) is 0 Å². The van der Waals surface area contributed by atoms with Crippen LogP contribution in [0.25, 0.3) is 0 Å². The Morgan fingerprint density at radius 3 is 2.62 bits per heavy atom. The standard InChI is InChI=1S/C20H36O6/c1-13(11-25-19-18(23)17(22)16(21)12-26-19)5-4-6-14-7-9-15(10-8-14)20(2,3)24/h7,13,15-19,21-24H,4-6,8-12H2,1-3H3/t13?,15?,16-,17+,18-,19-/m1/s1. The van der Waals surface area contributed by atoms with Crippen LogP contribution in [0.3, 0.4) is 0 Å². The van der Waals surface area contributed by atoms with E-state index in [9.17, 15) is 20.4 Å². The fourth-order valence-electron chi connectivity index (χ4n) is 3.70. The molecular formula is C20H36O6. The van der Waals surface area contributed by atoms with Crippen molar-refractivity contribution in [2.75, 3.05) is 13.2 Å². The van der Waals surface area contributed by atoms with Gasteiger partial charge in [0.15, 0.2) is 6.29 Å². The highest BCUT2D eigenvalue weighted by molar-refractivity contribution is 5.08. The Morgan fingerprint density at radius 1 is 1.27 bits per heavy atom. The highest BCUT2D eigenvalue weighted by Gasteiger charge is 2.38. The van der Waals surface area contributed by atoms with Gasteiger partial charge in [-0.15, -0.1) is 0 Å². The zero-order chi connectivity index (χ0) is 19.3. The quantitative estimate of drug-likeness (QED) is 0.485. The highest BCUT2D eigenvalue weighted by Crippen LogP contribution is 2.33. The van der Waals surface area contributed by atoms with E-state index >= 15 is 0 Å². The fraction of sp³-hybridized carbons (Fsp3) is 0.900. The average Bonchev–Trinajstić information content (AvgIpc) is 2.59. The van der Waals surface area contributed by atoms with Gasteiger partial charge in [-0.3, -0.25) is 0 Å². The van der Waals surface area contributed by atoms with Gasteiger partial charge in [-0.1, -0.05) is 18.6 Å². The minimum Gasteiger partial charge on any atom is -0.390 e. The van der Waals surface area contributed by atoms with Gasteiger partial charge in [0.25, 0.3) is 0 Å². The molecule has 2 unspecified atom stereocenters. The molecule has 6 nitrogen and oxygen atoms in total. The Kier molecular flexibility index (Phi) is 8.07. The maximum atomic E-state index is 10.1. The second-order valence-electron chi connectivity index (χ2n) is 8.57. The van der Waals surface area contributed by atoms with Gasteiger partial charge < -0.3 is 29.9 Å². The van der Waals surface area contributed by atoms with Crippen molar-refractivity contribution < 1.29 is 29.9 Å². The van der Waals surface area contributed by atoms with Crippen molar-refractivity contribution in [2.45, 2.75) is 89.5 Å². The van der Waals surface area contributed by atoms with Crippen LogP contribution in [0, 0.1) is 11.8 Å². The SMILES string of the molecule is CC(CCCC1=CCC(C(C)(C)O)CC1)CO[C@@H]1OC[C@@H](O)[C@H](O)[C@H]1O. The zero-order valence-electron chi connectivity index (χ0n) is 16.3. The Labute approximate surface area is 156 Å².